The standard InChI is InChI=1S/C22H27F3O5S/c1-4-28-21(27)12-30-20-8-6-18(10-15(20)3)31-13-17(26)11-29-19-7-5-16(9-14(19)2)22(23,24)25/h5-10,14,17,19,26H,4,11-13H2,1-3H3. The lowest BCUT2D eigenvalue weighted by Crippen LogP contribution is -2.28. The molecule has 0 aromatic heterocycles. The Morgan fingerprint density at radius 2 is 2.06 bits per heavy atom. The van der Waals surface area contributed by atoms with Gasteiger partial charge in [-0.25, -0.2) is 4.79 Å². The predicted molar refractivity (Wildman–Crippen MR) is 112 cm³/mol. The Hall–Kier alpha value is -1.97. The van der Waals surface area contributed by atoms with Gasteiger partial charge in [0.05, 0.1) is 31.0 Å². The minimum Gasteiger partial charge on any atom is -0.482 e. The van der Waals surface area contributed by atoms with Crippen molar-refractivity contribution in [3.05, 3.63) is 47.6 Å². The molecule has 0 radical (unpaired) electrons. The van der Waals surface area contributed by atoms with Gasteiger partial charge < -0.3 is 19.3 Å². The van der Waals surface area contributed by atoms with Crippen LogP contribution in [-0.2, 0) is 14.3 Å². The smallest absolute Gasteiger partial charge is 0.416 e. The normalized spacial score (nSPS) is 19.6. The molecular weight excluding hydrogens is 433 g/mol. The van der Waals surface area contributed by atoms with Crippen LogP contribution in [0.1, 0.15) is 19.4 Å². The van der Waals surface area contributed by atoms with E-state index in [0.717, 1.165) is 22.6 Å². The van der Waals surface area contributed by atoms with E-state index in [1.807, 2.05) is 19.1 Å². The average molecular weight is 461 g/mol. The van der Waals surface area contributed by atoms with Crippen molar-refractivity contribution in [2.45, 2.75) is 44.1 Å². The molecule has 0 saturated carbocycles. The lowest BCUT2D eigenvalue weighted by Gasteiger charge is -2.25. The van der Waals surface area contributed by atoms with Gasteiger partial charge >= 0.3 is 12.1 Å². The average Bonchev–Trinajstić information content (AvgIpc) is 2.70. The van der Waals surface area contributed by atoms with Crippen LogP contribution in [-0.4, -0.2) is 55.0 Å². The van der Waals surface area contributed by atoms with E-state index in [1.165, 1.54) is 17.8 Å². The monoisotopic (exact) mass is 460 g/mol. The molecule has 172 valence electrons. The summed E-state index contributed by atoms with van der Waals surface area (Å²) >= 11 is 1.42. The predicted octanol–water partition coefficient (Wildman–Crippen LogP) is 4.47. The summed E-state index contributed by atoms with van der Waals surface area (Å²) in [7, 11) is 0. The van der Waals surface area contributed by atoms with Crippen molar-refractivity contribution in [3.8, 4) is 5.75 Å². The lowest BCUT2D eigenvalue weighted by molar-refractivity contribution is -0.145. The molecule has 0 heterocycles. The number of ether oxygens (including phenoxy) is 3. The second kappa shape index (κ2) is 11.6. The second-order valence-corrected chi connectivity index (χ2v) is 8.22. The molecule has 1 aliphatic rings. The molecule has 5 nitrogen and oxygen atoms in total. The maximum Gasteiger partial charge on any atom is 0.416 e. The van der Waals surface area contributed by atoms with Gasteiger partial charge in [-0.15, -0.1) is 11.8 Å². The molecule has 3 atom stereocenters. The van der Waals surface area contributed by atoms with Crippen molar-refractivity contribution in [1.29, 1.82) is 0 Å². The van der Waals surface area contributed by atoms with Gasteiger partial charge in [0.1, 0.15) is 5.75 Å². The molecule has 1 aliphatic carbocycles. The fourth-order valence-corrected chi connectivity index (χ4v) is 3.78. The summed E-state index contributed by atoms with van der Waals surface area (Å²) in [5.74, 6) is 0.0596. The number of esters is 1. The van der Waals surface area contributed by atoms with Gasteiger partial charge in [0, 0.05) is 16.6 Å². The Kier molecular flexibility index (Phi) is 9.46. The Morgan fingerprint density at radius 3 is 2.68 bits per heavy atom. The molecule has 1 aromatic carbocycles. The Bertz CT molecular complexity index is 807. The van der Waals surface area contributed by atoms with Gasteiger partial charge in [0.15, 0.2) is 6.61 Å². The summed E-state index contributed by atoms with van der Waals surface area (Å²) in [5, 5.41) is 10.2. The number of aliphatic hydroxyl groups is 1. The minimum absolute atomic E-state index is 0.0151. The first kappa shape index (κ1) is 25.3. The zero-order valence-corrected chi connectivity index (χ0v) is 18.5. The maximum atomic E-state index is 12.7. The third kappa shape index (κ3) is 8.23. The highest BCUT2D eigenvalue weighted by atomic mass is 32.2. The van der Waals surface area contributed by atoms with Crippen LogP contribution in [0.2, 0.25) is 0 Å². The first-order chi connectivity index (χ1) is 14.6. The number of hydrogen-bond donors (Lipinski definition) is 1. The van der Waals surface area contributed by atoms with E-state index in [1.54, 1.807) is 19.9 Å². The van der Waals surface area contributed by atoms with Crippen molar-refractivity contribution in [2.24, 2.45) is 5.92 Å². The van der Waals surface area contributed by atoms with Crippen molar-refractivity contribution in [1.82, 2.24) is 0 Å². The third-order valence-corrected chi connectivity index (χ3v) is 5.61. The number of allylic oxidation sites excluding steroid dienone is 2. The van der Waals surface area contributed by atoms with Crippen LogP contribution in [0, 0.1) is 12.8 Å². The van der Waals surface area contributed by atoms with Gasteiger partial charge in [-0.1, -0.05) is 25.2 Å². The van der Waals surface area contributed by atoms with Crippen LogP contribution in [0.5, 0.6) is 5.75 Å². The third-order valence-electron chi connectivity index (χ3n) is 4.47. The Morgan fingerprint density at radius 1 is 1.32 bits per heavy atom. The van der Waals surface area contributed by atoms with E-state index in [-0.39, 0.29) is 13.2 Å². The number of aryl methyl sites for hydroxylation is 1. The summed E-state index contributed by atoms with van der Waals surface area (Å²) < 4.78 is 54.1. The van der Waals surface area contributed by atoms with E-state index in [4.69, 9.17) is 14.2 Å². The number of aliphatic hydroxyl groups excluding tert-OH is 1. The first-order valence-electron chi connectivity index (χ1n) is 9.89. The Balaban J connectivity index is 1.77. The largest absolute Gasteiger partial charge is 0.482 e. The number of halogens is 3. The van der Waals surface area contributed by atoms with E-state index < -0.39 is 35.8 Å². The van der Waals surface area contributed by atoms with E-state index >= 15 is 0 Å². The molecular formula is C22H27F3O5S. The maximum absolute atomic E-state index is 12.7. The number of hydrogen-bond acceptors (Lipinski definition) is 6. The zero-order chi connectivity index (χ0) is 23.0. The summed E-state index contributed by atoms with van der Waals surface area (Å²) in [6.45, 7) is 5.37. The van der Waals surface area contributed by atoms with Gasteiger partial charge in [-0.2, -0.15) is 13.2 Å². The molecule has 3 unspecified atom stereocenters. The number of carbonyl (C=O) groups is 1. The number of benzene rings is 1. The van der Waals surface area contributed by atoms with Crippen LogP contribution in [0.15, 0.2) is 46.9 Å². The van der Waals surface area contributed by atoms with E-state index in [2.05, 4.69) is 0 Å². The number of carbonyl (C=O) groups excluding carboxylic acids is 1. The van der Waals surface area contributed by atoms with Gasteiger partial charge in [-0.3, -0.25) is 0 Å². The Labute approximate surface area is 184 Å². The number of thioether (sulfide) groups is 1. The van der Waals surface area contributed by atoms with E-state index in [9.17, 15) is 23.1 Å². The topological polar surface area (TPSA) is 65.0 Å². The number of alkyl halides is 3. The molecule has 0 aliphatic heterocycles. The lowest BCUT2D eigenvalue weighted by atomic mass is 9.95. The van der Waals surface area contributed by atoms with Crippen molar-refractivity contribution in [2.75, 3.05) is 25.6 Å². The first-order valence-corrected chi connectivity index (χ1v) is 10.9. The molecule has 2 rings (SSSR count). The van der Waals surface area contributed by atoms with Crippen LogP contribution in [0.25, 0.3) is 0 Å². The fraction of sp³-hybridized carbons (Fsp3) is 0.500. The molecule has 0 bridgehead atoms. The quantitative estimate of drug-likeness (QED) is 0.411. The highest BCUT2D eigenvalue weighted by molar-refractivity contribution is 7.99. The zero-order valence-electron chi connectivity index (χ0n) is 17.6. The van der Waals surface area contributed by atoms with Crippen LogP contribution in [0.4, 0.5) is 13.2 Å². The SMILES string of the molecule is CCOC(=O)COc1ccc(SCC(O)COC2C=CC(C(F)(F)F)=CC2C)cc1C. The molecule has 0 amide bonds. The fourth-order valence-electron chi connectivity index (χ4n) is 2.88. The molecule has 1 N–H and O–H groups in total. The highest BCUT2D eigenvalue weighted by Crippen LogP contribution is 2.32. The summed E-state index contributed by atoms with van der Waals surface area (Å²) in [4.78, 5) is 12.3. The van der Waals surface area contributed by atoms with Crippen molar-refractivity contribution < 1.29 is 37.3 Å². The van der Waals surface area contributed by atoms with Gasteiger partial charge in [0.2, 0.25) is 0 Å². The van der Waals surface area contributed by atoms with E-state index in [0.29, 0.717) is 18.1 Å². The molecule has 0 fully saturated rings. The summed E-state index contributed by atoms with van der Waals surface area (Å²) in [6.07, 6.45) is -2.13. The van der Waals surface area contributed by atoms with Gasteiger partial charge in [-0.05, 0) is 37.6 Å². The molecule has 1 aromatic rings. The van der Waals surface area contributed by atoms with Crippen molar-refractivity contribution in [3.63, 3.8) is 0 Å². The number of rotatable bonds is 10. The van der Waals surface area contributed by atoms with Crippen LogP contribution in [0.3, 0.4) is 0 Å². The summed E-state index contributed by atoms with van der Waals surface area (Å²) in [6, 6.07) is 5.45. The highest BCUT2D eigenvalue weighted by Gasteiger charge is 2.34. The van der Waals surface area contributed by atoms with Gasteiger partial charge in [0.25, 0.3) is 0 Å². The van der Waals surface area contributed by atoms with Crippen LogP contribution < -0.4 is 4.74 Å². The molecule has 9 heteroatoms. The van der Waals surface area contributed by atoms with Crippen molar-refractivity contribution >= 4 is 17.7 Å². The minimum atomic E-state index is -4.37. The summed E-state index contributed by atoms with van der Waals surface area (Å²) in [5.41, 5.74) is 0.162. The second-order valence-electron chi connectivity index (χ2n) is 7.12. The molecule has 0 spiro atoms. The molecule has 31 heavy (non-hydrogen) atoms. The van der Waals surface area contributed by atoms with Crippen LogP contribution >= 0.6 is 11.8 Å². The molecule has 0 saturated heterocycles.